The summed E-state index contributed by atoms with van der Waals surface area (Å²) >= 11 is 12.1. The van der Waals surface area contributed by atoms with Crippen molar-refractivity contribution in [1.29, 1.82) is 0 Å². The molecule has 150 valence electrons. The van der Waals surface area contributed by atoms with Gasteiger partial charge in [-0.25, -0.2) is 0 Å². The second kappa shape index (κ2) is 10.4. The Morgan fingerprint density at radius 2 is 1.45 bits per heavy atom. The van der Waals surface area contributed by atoms with Gasteiger partial charge in [-0.15, -0.1) is 0 Å². The van der Waals surface area contributed by atoms with E-state index < -0.39 is 6.10 Å². The van der Waals surface area contributed by atoms with E-state index in [1.54, 1.807) is 7.11 Å². The molecule has 3 aromatic rings. The zero-order valence-corrected chi connectivity index (χ0v) is 17.7. The molecule has 29 heavy (non-hydrogen) atoms. The van der Waals surface area contributed by atoms with Crippen LogP contribution in [0.2, 0.25) is 10.0 Å². The molecule has 0 heterocycles. The zero-order valence-electron chi connectivity index (χ0n) is 16.1. The minimum absolute atomic E-state index is 0.0886. The van der Waals surface area contributed by atoms with E-state index in [4.69, 9.17) is 27.9 Å². The largest absolute Gasteiger partial charge is 0.367 e. The first-order valence-electron chi connectivity index (χ1n) is 9.42. The van der Waals surface area contributed by atoms with Crippen molar-refractivity contribution < 1.29 is 9.53 Å². The number of halogens is 2. The normalized spacial score (nSPS) is 12.9. The van der Waals surface area contributed by atoms with Crippen LogP contribution >= 0.6 is 23.2 Å². The summed E-state index contributed by atoms with van der Waals surface area (Å²) in [5, 5.41) is 4.45. The van der Waals surface area contributed by atoms with Crippen LogP contribution < -0.4 is 5.32 Å². The smallest absolute Gasteiger partial charge is 0.253 e. The van der Waals surface area contributed by atoms with Crippen molar-refractivity contribution in [3.63, 3.8) is 0 Å². The number of methoxy groups -OCH3 is 1. The molecule has 0 aromatic heterocycles. The number of rotatable bonds is 8. The van der Waals surface area contributed by atoms with Crippen LogP contribution in [0.4, 0.5) is 0 Å². The van der Waals surface area contributed by atoms with Crippen molar-refractivity contribution in [1.82, 2.24) is 5.32 Å². The Kier molecular flexibility index (Phi) is 7.70. The topological polar surface area (TPSA) is 38.3 Å². The fraction of sp³-hybridized carbons (Fsp3) is 0.208. The zero-order chi connectivity index (χ0) is 20.6. The second-order valence-electron chi connectivity index (χ2n) is 6.85. The number of hydrogen-bond acceptors (Lipinski definition) is 2. The van der Waals surface area contributed by atoms with Crippen LogP contribution in [0.3, 0.4) is 0 Å². The Hall–Kier alpha value is -2.33. The number of benzene rings is 3. The van der Waals surface area contributed by atoms with Crippen molar-refractivity contribution >= 4 is 29.1 Å². The molecular formula is C24H23Cl2NO2. The van der Waals surface area contributed by atoms with Crippen LogP contribution in [0.1, 0.15) is 28.7 Å². The van der Waals surface area contributed by atoms with E-state index in [1.165, 1.54) is 0 Å². The first-order valence-corrected chi connectivity index (χ1v) is 10.2. The lowest BCUT2D eigenvalue weighted by atomic mass is 9.91. The lowest BCUT2D eigenvalue weighted by Crippen LogP contribution is -2.34. The average Bonchev–Trinajstić information content (AvgIpc) is 2.74. The monoisotopic (exact) mass is 427 g/mol. The van der Waals surface area contributed by atoms with Gasteiger partial charge >= 0.3 is 0 Å². The summed E-state index contributed by atoms with van der Waals surface area (Å²) in [6, 6.07) is 25.0. The van der Waals surface area contributed by atoms with Crippen LogP contribution in [-0.2, 0) is 16.0 Å². The Morgan fingerprint density at radius 3 is 2.03 bits per heavy atom. The van der Waals surface area contributed by atoms with Crippen LogP contribution in [0.15, 0.2) is 78.9 Å². The third kappa shape index (κ3) is 6.07. The lowest BCUT2D eigenvalue weighted by molar-refractivity contribution is -0.131. The predicted molar refractivity (Wildman–Crippen MR) is 119 cm³/mol. The maximum absolute atomic E-state index is 12.8. The van der Waals surface area contributed by atoms with E-state index >= 15 is 0 Å². The number of hydrogen-bond donors (Lipinski definition) is 1. The van der Waals surface area contributed by atoms with E-state index in [2.05, 4.69) is 5.32 Å². The van der Waals surface area contributed by atoms with E-state index in [0.29, 0.717) is 16.6 Å². The standard InChI is InChI=1S/C24H23Cl2NO2/c1-29-23(19-5-3-2-4-6-19)24(28)27-16-20(18-9-13-22(26)14-10-18)15-17-7-11-21(25)12-8-17/h2-14,20,23H,15-16H2,1H3,(H,27,28)/t20-,23?/m0/s1. The van der Waals surface area contributed by atoms with Crippen LogP contribution in [0, 0.1) is 0 Å². The number of carbonyl (C=O) groups is 1. The third-order valence-electron chi connectivity index (χ3n) is 4.84. The fourth-order valence-electron chi connectivity index (χ4n) is 3.29. The molecular weight excluding hydrogens is 405 g/mol. The molecule has 0 radical (unpaired) electrons. The van der Waals surface area contributed by atoms with Gasteiger partial charge in [0, 0.05) is 29.6 Å². The molecule has 0 aliphatic carbocycles. The molecule has 2 atom stereocenters. The number of amides is 1. The predicted octanol–water partition coefficient (Wildman–Crippen LogP) is 5.82. The molecule has 3 aromatic carbocycles. The number of ether oxygens (including phenoxy) is 1. The summed E-state index contributed by atoms with van der Waals surface area (Å²) in [4.78, 5) is 12.8. The molecule has 5 heteroatoms. The van der Waals surface area contributed by atoms with E-state index in [1.807, 2.05) is 78.9 Å². The first kappa shape index (κ1) is 21.4. The molecule has 3 nitrogen and oxygen atoms in total. The summed E-state index contributed by atoms with van der Waals surface area (Å²) in [5.41, 5.74) is 3.08. The minimum atomic E-state index is -0.641. The van der Waals surface area contributed by atoms with Crippen LogP contribution in [0.25, 0.3) is 0 Å². The Bertz CT molecular complexity index is 912. The SMILES string of the molecule is COC(C(=O)NC[C@H](Cc1ccc(Cl)cc1)c1ccc(Cl)cc1)c1ccccc1. The molecule has 1 amide bonds. The van der Waals surface area contributed by atoms with Crippen molar-refractivity contribution in [3.8, 4) is 0 Å². The average molecular weight is 428 g/mol. The molecule has 1 N–H and O–H groups in total. The molecule has 3 rings (SSSR count). The summed E-state index contributed by atoms with van der Waals surface area (Å²) in [5.74, 6) is -0.0700. The van der Waals surface area contributed by atoms with Gasteiger partial charge in [0.2, 0.25) is 0 Å². The molecule has 0 aliphatic heterocycles. The van der Waals surface area contributed by atoms with E-state index in [9.17, 15) is 4.79 Å². The number of carbonyl (C=O) groups excluding carboxylic acids is 1. The van der Waals surface area contributed by atoms with Gasteiger partial charge in [-0.2, -0.15) is 0 Å². The van der Waals surface area contributed by atoms with Crippen molar-refractivity contribution in [2.75, 3.05) is 13.7 Å². The minimum Gasteiger partial charge on any atom is -0.367 e. The molecule has 1 unspecified atom stereocenters. The summed E-state index contributed by atoms with van der Waals surface area (Å²) in [7, 11) is 1.54. The van der Waals surface area contributed by atoms with Gasteiger partial charge in [0.05, 0.1) is 0 Å². The highest BCUT2D eigenvalue weighted by molar-refractivity contribution is 6.30. The second-order valence-corrected chi connectivity index (χ2v) is 7.72. The first-order chi connectivity index (χ1) is 14.1. The van der Waals surface area contributed by atoms with Gasteiger partial charge in [-0.1, -0.05) is 77.8 Å². The fourth-order valence-corrected chi connectivity index (χ4v) is 3.54. The molecule has 0 bridgehead atoms. The van der Waals surface area contributed by atoms with Crippen LogP contribution in [-0.4, -0.2) is 19.6 Å². The van der Waals surface area contributed by atoms with Crippen LogP contribution in [0.5, 0.6) is 0 Å². The molecule has 0 spiro atoms. The Morgan fingerprint density at radius 1 is 0.862 bits per heavy atom. The highest BCUT2D eigenvalue weighted by atomic mass is 35.5. The Balaban J connectivity index is 1.74. The van der Waals surface area contributed by atoms with Gasteiger partial charge in [0.15, 0.2) is 6.10 Å². The highest BCUT2D eigenvalue weighted by Gasteiger charge is 2.21. The lowest BCUT2D eigenvalue weighted by Gasteiger charge is -2.21. The van der Waals surface area contributed by atoms with E-state index in [0.717, 1.165) is 23.1 Å². The van der Waals surface area contributed by atoms with Crippen molar-refractivity contribution in [2.24, 2.45) is 0 Å². The van der Waals surface area contributed by atoms with Crippen molar-refractivity contribution in [2.45, 2.75) is 18.4 Å². The van der Waals surface area contributed by atoms with Gasteiger partial charge < -0.3 is 10.1 Å². The molecule has 0 saturated heterocycles. The summed E-state index contributed by atoms with van der Waals surface area (Å²) in [6.45, 7) is 0.482. The summed E-state index contributed by atoms with van der Waals surface area (Å²) < 4.78 is 5.44. The summed E-state index contributed by atoms with van der Waals surface area (Å²) in [6.07, 6.45) is 0.125. The molecule has 0 saturated carbocycles. The highest BCUT2D eigenvalue weighted by Crippen LogP contribution is 2.24. The van der Waals surface area contributed by atoms with Gasteiger partial charge in [-0.3, -0.25) is 4.79 Å². The maximum Gasteiger partial charge on any atom is 0.253 e. The molecule has 0 aliphatic rings. The number of nitrogens with one attached hydrogen (secondary N) is 1. The Labute approximate surface area is 181 Å². The van der Waals surface area contributed by atoms with Gasteiger partial charge in [0.25, 0.3) is 5.91 Å². The quantitative estimate of drug-likeness (QED) is 0.491. The van der Waals surface area contributed by atoms with Gasteiger partial charge in [0.1, 0.15) is 0 Å². The van der Waals surface area contributed by atoms with E-state index in [-0.39, 0.29) is 11.8 Å². The third-order valence-corrected chi connectivity index (χ3v) is 5.34. The molecule has 0 fully saturated rings. The maximum atomic E-state index is 12.8. The van der Waals surface area contributed by atoms with Gasteiger partial charge in [-0.05, 0) is 47.4 Å². The van der Waals surface area contributed by atoms with Crippen molar-refractivity contribution in [3.05, 3.63) is 106 Å².